The number of rotatable bonds is 6. The van der Waals surface area contributed by atoms with Gasteiger partial charge < -0.3 is 14.8 Å². The van der Waals surface area contributed by atoms with Gasteiger partial charge in [0, 0.05) is 18.7 Å². The Kier molecular flexibility index (Phi) is 6.91. The molecule has 1 heterocycles. The Morgan fingerprint density at radius 1 is 1.08 bits per heavy atom. The van der Waals surface area contributed by atoms with Crippen molar-refractivity contribution in [2.24, 2.45) is 4.99 Å². The highest BCUT2D eigenvalue weighted by atomic mass is 35.5. The predicted octanol–water partition coefficient (Wildman–Crippen LogP) is 3.80. The van der Waals surface area contributed by atoms with Crippen LogP contribution in [0.1, 0.15) is 5.56 Å². The van der Waals surface area contributed by atoms with Gasteiger partial charge in [-0.15, -0.1) is 12.4 Å². The molecule has 0 fully saturated rings. The second-order valence-corrected chi connectivity index (χ2v) is 5.65. The Hall–Kier alpha value is -1.75. The van der Waals surface area contributed by atoms with Crippen molar-refractivity contribution in [2.75, 3.05) is 33.4 Å². The van der Waals surface area contributed by atoms with Crippen molar-refractivity contribution in [3.05, 3.63) is 53.1 Å². The zero-order valence-electron chi connectivity index (χ0n) is 13.4. The van der Waals surface area contributed by atoms with E-state index in [0.29, 0.717) is 13.2 Å². The normalized spacial score (nSPS) is 13.0. The second kappa shape index (κ2) is 8.92. The minimum atomic E-state index is 0. The van der Waals surface area contributed by atoms with Crippen molar-refractivity contribution < 1.29 is 9.47 Å². The number of halogens is 2. The molecule has 0 saturated carbocycles. The molecule has 0 amide bonds. The van der Waals surface area contributed by atoms with Crippen molar-refractivity contribution >= 4 is 29.8 Å². The van der Waals surface area contributed by atoms with Gasteiger partial charge in [0.05, 0.1) is 18.7 Å². The lowest BCUT2D eigenvalue weighted by Gasteiger charge is -2.14. The van der Waals surface area contributed by atoms with Gasteiger partial charge in [0.15, 0.2) is 0 Å². The van der Waals surface area contributed by atoms with Crippen LogP contribution in [0.25, 0.3) is 11.1 Å². The Morgan fingerprint density at radius 2 is 1.83 bits per heavy atom. The first-order chi connectivity index (χ1) is 11.3. The Bertz CT molecular complexity index is 703. The minimum Gasteiger partial charge on any atom is -0.490 e. The van der Waals surface area contributed by atoms with Crippen LogP contribution in [-0.4, -0.2) is 39.2 Å². The van der Waals surface area contributed by atoms with Gasteiger partial charge in [0.25, 0.3) is 0 Å². The van der Waals surface area contributed by atoms with Gasteiger partial charge in [0.2, 0.25) is 0 Å². The number of hydrogen-bond acceptors (Lipinski definition) is 4. The lowest BCUT2D eigenvalue weighted by atomic mass is 10.0. The van der Waals surface area contributed by atoms with Crippen LogP contribution in [0.15, 0.2) is 47.5 Å². The van der Waals surface area contributed by atoms with Crippen LogP contribution in [0.4, 0.5) is 0 Å². The molecule has 6 heteroatoms. The number of ether oxygens (including phenoxy) is 2. The van der Waals surface area contributed by atoms with E-state index >= 15 is 0 Å². The lowest BCUT2D eigenvalue weighted by Crippen LogP contribution is -2.20. The predicted molar refractivity (Wildman–Crippen MR) is 101 cm³/mol. The van der Waals surface area contributed by atoms with E-state index in [0.717, 1.165) is 46.4 Å². The number of nitrogens with zero attached hydrogens (tertiary/aromatic N) is 1. The number of hydrogen-bond donors (Lipinski definition) is 1. The standard InChI is InChI=1S/C18H19ClN2O2.ClH/c1-22-10-11-23-17-7-4-14(13-2-5-15(19)6-3-13)12-16(17)18-20-8-9-21-18;/h2-7,12H,8-11H2,1H3,(H,20,21);1H. The molecule has 1 aliphatic heterocycles. The van der Waals surface area contributed by atoms with Crippen LogP contribution in [-0.2, 0) is 4.74 Å². The van der Waals surface area contributed by atoms with E-state index in [-0.39, 0.29) is 12.4 Å². The SMILES string of the molecule is COCCOc1ccc(-c2ccc(Cl)cc2)cc1C1=NCCN1.Cl. The quantitative estimate of drug-likeness (QED) is 0.790. The molecule has 0 aliphatic carbocycles. The van der Waals surface area contributed by atoms with E-state index in [1.165, 1.54) is 0 Å². The molecular formula is C18H20Cl2N2O2. The summed E-state index contributed by atoms with van der Waals surface area (Å²) in [6.45, 7) is 2.71. The van der Waals surface area contributed by atoms with E-state index < -0.39 is 0 Å². The van der Waals surface area contributed by atoms with Crippen LogP contribution in [0.2, 0.25) is 5.02 Å². The maximum absolute atomic E-state index is 5.97. The molecule has 1 N–H and O–H groups in total. The van der Waals surface area contributed by atoms with E-state index in [1.54, 1.807) is 7.11 Å². The topological polar surface area (TPSA) is 42.9 Å². The van der Waals surface area contributed by atoms with Gasteiger partial charge in [-0.2, -0.15) is 0 Å². The molecule has 0 atom stereocenters. The first kappa shape index (κ1) is 18.6. The van der Waals surface area contributed by atoms with Crippen molar-refractivity contribution in [2.45, 2.75) is 0 Å². The summed E-state index contributed by atoms with van der Waals surface area (Å²) in [6, 6.07) is 13.9. The summed E-state index contributed by atoms with van der Waals surface area (Å²) in [5.74, 6) is 1.70. The number of benzene rings is 2. The Labute approximate surface area is 153 Å². The average Bonchev–Trinajstić information content (AvgIpc) is 3.10. The molecule has 4 nitrogen and oxygen atoms in total. The fourth-order valence-electron chi connectivity index (χ4n) is 2.48. The zero-order chi connectivity index (χ0) is 16.1. The maximum Gasteiger partial charge on any atom is 0.132 e. The van der Waals surface area contributed by atoms with Crippen LogP contribution < -0.4 is 10.1 Å². The van der Waals surface area contributed by atoms with Crippen LogP contribution in [0.5, 0.6) is 5.75 Å². The van der Waals surface area contributed by atoms with Crippen molar-refractivity contribution in [3.8, 4) is 16.9 Å². The summed E-state index contributed by atoms with van der Waals surface area (Å²) in [7, 11) is 1.66. The van der Waals surface area contributed by atoms with Gasteiger partial charge >= 0.3 is 0 Å². The fourth-order valence-corrected chi connectivity index (χ4v) is 2.60. The Balaban J connectivity index is 0.00000208. The number of amidine groups is 1. The third kappa shape index (κ3) is 4.41. The highest BCUT2D eigenvalue weighted by Crippen LogP contribution is 2.28. The fraction of sp³-hybridized carbons (Fsp3) is 0.278. The van der Waals surface area contributed by atoms with Crippen molar-refractivity contribution in [1.29, 1.82) is 0 Å². The van der Waals surface area contributed by atoms with Gasteiger partial charge in [0.1, 0.15) is 18.2 Å². The van der Waals surface area contributed by atoms with E-state index in [9.17, 15) is 0 Å². The molecule has 0 radical (unpaired) electrons. The number of methoxy groups -OCH3 is 1. The molecule has 0 unspecified atom stereocenters. The maximum atomic E-state index is 5.97. The first-order valence-corrected chi connectivity index (χ1v) is 7.96. The van der Waals surface area contributed by atoms with E-state index in [4.69, 9.17) is 21.1 Å². The smallest absolute Gasteiger partial charge is 0.132 e. The number of aliphatic imine (C=N–C) groups is 1. The molecule has 24 heavy (non-hydrogen) atoms. The molecule has 2 aromatic carbocycles. The summed E-state index contributed by atoms with van der Waals surface area (Å²) in [5, 5.41) is 4.04. The highest BCUT2D eigenvalue weighted by molar-refractivity contribution is 6.30. The van der Waals surface area contributed by atoms with Gasteiger partial charge in [-0.25, -0.2) is 0 Å². The average molecular weight is 367 g/mol. The molecule has 0 saturated heterocycles. The van der Waals surface area contributed by atoms with Gasteiger partial charge in [-0.1, -0.05) is 29.8 Å². The van der Waals surface area contributed by atoms with Gasteiger partial charge in [-0.3, -0.25) is 4.99 Å². The lowest BCUT2D eigenvalue weighted by molar-refractivity contribution is 0.146. The largest absolute Gasteiger partial charge is 0.490 e. The van der Waals surface area contributed by atoms with Crippen molar-refractivity contribution in [3.63, 3.8) is 0 Å². The molecule has 0 aromatic heterocycles. The first-order valence-electron chi connectivity index (χ1n) is 7.58. The summed E-state index contributed by atoms with van der Waals surface area (Å²) in [6.07, 6.45) is 0. The van der Waals surface area contributed by atoms with E-state index in [2.05, 4.69) is 16.4 Å². The third-order valence-electron chi connectivity index (χ3n) is 3.63. The molecule has 3 rings (SSSR count). The van der Waals surface area contributed by atoms with Crippen LogP contribution in [0.3, 0.4) is 0 Å². The van der Waals surface area contributed by atoms with Crippen LogP contribution in [0, 0.1) is 0 Å². The van der Waals surface area contributed by atoms with Gasteiger partial charge in [-0.05, 0) is 35.4 Å². The highest BCUT2D eigenvalue weighted by Gasteiger charge is 2.15. The molecule has 2 aromatic rings. The second-order valence-electron chi connectivity index (χ2n) is 5.22. The monoisotopic (exact) mass is 366 g/mol. The molecule has 0 bridgehead atoms. The Morgan fingerprint density at radius 3 is 2.50 bits per heavy atom. The number of nitrogens with one attached hydrogen (secondary N) is 1. The molecule has 128 valence electrons. The summed E-state index contributed by atoms with van der Waals surface area (Å²) in [5.41, 5.74) is 3.19. The summed E-state index contributed by atoms with van der Waals surface area (Å²) >= 11 is 5.97. The minimum absolute atomic E-state index is 0. The zero-order valence-corrected chi connectivity index (χ0v) is 15.0. The molecule has 1 aliphatic rings. The van der Waals surface area contributed by atoms with E-state index in [1.807, 2.05) is 36.4 Å². The summed E-state index contributed by atoms with van der Waals surface area (Å²) in [4.78, 5) is 4.52. The third-order valence-corrected chi connectivity index (χ3v) is 3.88. The summed E-state index contributed by atoms with van der Waals surface area (Å²) < 4.78 is 10.9. The molecule has 0 spiro atoms. The molecular weight excluding hydrogens is 347 g/mol. The van der Waals surface area contributed by atoms with Crippen LogP contribution >= 0.6 is 24.0 Å². The van der Waals surface area contributed by atoms with Crippen molar-refractivity contribution in [1.82, 2.24) is 5.32 Å².